The van der Waals surface area contributed by atoms with Gasteiger partial charge in [0.2, 0.25) is 0 Å². The van der Waals surface area contributed by atoms with Gasteiger partial charge in [0.15, 0.2) is 5.78 Å². The van der Waals surface area contributed by atoms with Crippen molar-refractivity contribution < 1.29 is 17.6 Å². The monoisotopic (exact) mass is 293 g/mol. The van der Waals surface area contributed by atoms with E-state index in [-0.39, 0.29) is 11.5 Å². The fraction of sp³-hybridized carbons (Fsp3) is 0.0714. The Bertz CT molecular complexity index is 739. The number of ketones is 1. The first kappa shape index (κ1) is 14.2. The molecular formula is C14H12FNO3S. The van der Waals surface area contributed by atoms with Crippen LogP contribution in [0.5, 0.6) is 0 Å². The zero-order valence-corrected chi connectivity index (χ0v) is 11.4. The summed E-state index contributed by atoms with van der Waals surface area (Å²) in [5, 5.41) is 0. The van der Waals surface area contributed by atoms with Crippen LogP contribution < -0.4 is 4.72 Å². The first-order chi connectivity index (χ1) is 9.40. The quantitative estimate of drug-likeness (QED) is 0.882. The van der Waals surface area contributed by atoms with Gasteiger partial charge in [-0.05, 0) is 43.3 Å². The highest BCUT2D eigenvalue weighted by atomic mass is 32.2. The van der Waals surface area contributed by atoms with Gasteiger partial charge in [-0.2, -0.15) is 0 Å². The van der Waals surface area contributed by atoms with E-state index in [0.717, 1.165) is 6.07 Å². The van der Waals surface area contributed by atoms with Crippen molar-refractivity contribution in [2.24, 2.45) is 0 Å². The third kappa shape index (κ3) is 3.03. The number of carbonyl (C=O) groups is 1. The fourth-order valence-corrected chi connectivity index (χ4v) is 2.78. The lowest BCUT2D eigenvalue weighted by Gasteiger charge is -2.09. The molecule has 0 saturated carbocycles. The standard InChI is InChI=1S/C14H12FNO3S/c1-10(17)11-6-8-12(9-7-11)16-20(18,19)14-5-3-2-4-13(14)15/h2-9,16H,1H3. The van der Waals surface area contributed by atoms with Crippen LogP contribution in [0, 0.1) is 5.82 Å². The maximum atomic E-state index is 13.5. The molecule has 0 aliphatic heterocycles. The van der Waals surface area contributed by atoms with E-state index in [2.05, 4.69) is 4.72 Å². The smallest absolute Gasteiger partial charge is 0.264 e. The predicted octanol–water partition coefficient (Wildman–Crippen LogP) is 2.83. The third-order valence-electron chi connectivity index (χ3n) is 2.67. The first-order valence-electron chi connectivity index (χ1n) is 5.78. The molecule has 0 radical (unpaired) electrons. The zero-order chi connectivity index (χ0) is 14.8. The second kappa shape index (κ2) is 5.42. The third-order valence-corrected chi connectivity index (χ3v) is 4.08. The lowest BCUT2D eigenvalue weighted by Crippen LogP contribution is -2.14. The molecule has 0 spiro atoms. The van der Waals surface area contributed by atoms with Crippen LogP contribution in [0.4, 0.5) is 10.1 Å². The van der Waals surface area contributed by atoms with E-state index in [9.17, 15) is 17.6 Å². The van der Waals surface area contributed by atoms with Crippen LogP contribution >= 0.6 is 0 Å². The molecule has 0 heterocycles. The fourth-order valence-electron chi connectivity index (χ4n) is 1.65. The van der Waals surface area contributed by atoms with Crippen molar-refractivity contribution in [2.45, 2.75) is 11.8 Å². The molecule has 6 heteroatoms. The largest absolute Gasteiger partial charge is 0.295 e. The van der Waals surface area contributed by atoms with Gasteiger partial charge in [0.1, 0.15) is 10.7 Å². The Kier molecular flexibility index (Phi) is 3.85. The van der Waals surface area contributed by atoms with Crippen molar-refractivity contribution in [3.05, 3.63) is 59.9 Å². The summed E-state index contributed by atoms with van der Waals surface area (Å²) in [6.07, 6.45) is 0. The number of carbonyl (C=O) groups excluding carboxylic acids is 1. The van der Waals surface area contributed by atoms with Crippen LogP contribution in [0.3, 0.4) is 0 Å². The van der Waals surface area contributed by atoms with Gasteiger partial charge in [-0.3, -0.25) is 9.52 Å². The molecule has 0 aliphatic rings. The summed E-state index contributed by atoms with van der Waals surface area (Å²) in [5.41, 5.74) is 0.733. The average molecular weight is 293 g/mol. The number of sulfonamides is 1. The van der Waals surface area contributed by atoms with E-state index in [0.29, 0.717) is 5.56 Å². The van der Waals surface area contributed by atoms with Gasteiger partial charge in [-0.1, -0.05) is 12.1 Å². The molecule has 2 rings (SSSR count). The second-order valence-electron chi connectivity index (χ2n) is 4.17. The molecule has 0 aliphatic carbocycles. The van der Waals surface area contributed by atoms with E-state index in [1.807, 2.05) is 0 Å². The van der Waals surface area contributed by atoms with Crippen LogP contribution in [0.15, 0.2) is 53.4 Å². The second-order valence-corrected chi connectivity index (χ2v) is 5.82. The lowest BCUT2D eigenvalue weighted by atomic mass is 10.1. The molecule has 0 unspecified atom stereocenters. The minimum absolute atomic E-state index is 0.117. The summed E-state index contributed by atoms with van der Waals surface area (Å²) in [7, 11) is -3.99. The highest BCUT2D eigenvalue weighted by molar-refractivity contribution is 7.92. The summed E-state index contributed by atoms with van der Waals surface area (Å²) >= 11 is 0. The van der Waals surface area contributed by atoms with Crippen LogP contribution in [-0.2, 0) is 10.0 Å². The molecule has 20 heavy (non-hydrogen) atoms. The number of anilines is 1. The van der Waals surface area contributed by atoms with Crippen LogP contribution in [-0.4, -0.2) is 14.2 Å². The molecule has 0 saturated heterocycles. The molecule has 1 N–H and O–H groups in total. The van der Waals surface area contributed by atoms with Gasteiger partial charge in [-0.15, -0.1) is 0 Å². The lowest BCUT2D eigenvalue weighted by molar-refractivity contribution is 0.101. The SMILES string of the molecule is CC(=O)c1ccc(NS(=O)(=O)c2ccccc2F)cc1. The highest BCUT2D eigenvalue weighted by Gasteiger charge is 2.18. The molecule has 4 nitrogen and oxygen atoms in total. The topological polar surface area (TPSA) is 63.2 Å². The first-order valence-corrected chi connectivity index (χ1v) is 7.27. The minimum atomic E-state index is -3.99. The average Bonchev–Trinajstić information content (AvgIpc) is 2.39. The highest BCUT2D eigenvalue weighted by Crippen LogP contribution is 2.19. The van der Waals surface area contributed by atoms with Crippen molar-refractivity contribution in [1.29, 1.82) is 0 Å². The molecule has 2 aromatic carbocycles. The Morgan fingerprint density at radius 2 is 1.65 bits per heavy atom. The Labute approximate surface area is 116 Å². The molecule has 0 bridgehead atoms. The van der Waals surface area contributed by atoms with Crippen LogP contribution in [0.2, 0.25) is 0 Å². The van der Waals surface area contributed by atoms with Crippen LogP contribution in [0.25, 0.3) is 0 Å². The van der Waals surface area contributed by atoms with Gasteiger partial charge in [0.25, 0.3) is 10.0 Å². The Morgan fingerprint density at radius 1 is 1.05 bits per heavy atom. The van der Waals surface area contributed by atoms with Crippen LogP contribution in [0.1, 0.15) is 17.3 Å². The number of hydrogen-bond donors (Lipinski definition) is 1. The van der Waals surface area contributed by atoms with Crippen molar-refractivity contribution in [3.8, 4) is 0 Å². The maximum absolute atomic E-state index is 13.5. The molecule has 0 amide bonds. The normalized spacial score (nSPS) is 11.1. The summed E-state index contributed by atoms with van der Waals surface area (Å²) in [6, 6.07) is 11.0. The summed E-state index contributed by atoms with van der Waals surface area (Å²) in [6.45, 7) is 1.42. The molecule has 0 aromatic heterocycles. The van der Waals surface area contributed by atoms with Crippen molar-refractivity contribution in [1.82, 2.24) is 0 Å². The zero-order valence-electron chi connectivity index (χ0n) is 10.6. The van der Waals surface area contributed by atoms with Gasteiger partial charge >= 0.3 is 0 Å². The number of Topliss-reactive ketones (excluding diaryl/α,β-unsaturated/α-hetero) is 1. The molecular weight excluding hydrogens is 281 g/mol. The maximum Gasteiger partial charge on any atom is 0.264 e. The summed E-state index contributed by atoms with van der Waals surface area (Å²) < 4.78 is 39.8. The summed E-state index contributed by atoms with van der Waals surface area (Å²) in [4.78, 5) is 10.7. The Morgan fingerprint density at radius 3 is 2.20 bits per heavy atom. The van der Waals surface area contributed by atoms with Crippen molar-refractivity contribution >= 4 is 21.5 Å². The number of rotatable bonds is 4. The molecule has 0 fully saturated rings. The number of hydrogen-bond acceptors (Lipinski definition) is 3. The Hall–Kier alpha value is -2.21. The predicted molar refractivity (Wildman–Crippen MR) is 73.7 cm³/mol. The minimum Gasteiger partial charge on any atom is -0.295 e. The number of nitrogens with one attached hydrogen (secondary N) is 1. The van der Waals surface area contributed by atoms with E-state index in [1.165, 1.54) is 49.4 Å². The van der Waals surface area contributed by atoms with E-state index in [1.54, 1.807) is 0 Å². The van der Waals surface area contributed by atoms with Gasteiger partial charge in [-0.25, -0.2) is 12.8 Å². The van der Waals surface area contributed by atoms with E-state index < -0.39 is 20.7 Å². The van der Waals surface area contributed by atoms with Gasteiger partial charge in [0.05, 0.1) is 0 Å². The van der Waals surface area contributed by atoms with Crippen molar-refractivity contribution in [2.75, 3.05) is 4.72 Å². The number of benzene rings is 2. The number of halogens is 1. The van der Waals surface area contributed by atoms with E-state index >= 15 is 0 Å². The van der Waals surface area contributed by atoms with Crippen molar-refractivity contribution in [3.63, 3.8) is 0 Å². The Balaban J connectivity index is 2.29. The molecule has 2 aromatic rings. The van der Waals surface area contributed by atoms with Gasteiger partial charge in [0, 0.05) is 11.3 Å². The summed E-state index contributed by atoms with van der Waals surface area (Å²) in [5.74, 6) is -0.936. The van der Waals surface area contributed by atoms with Gasteiger partial charge < -0.3 is 0 Å². The molecule has 0 atom stereocenters. The molecule has 104 valence electrons. The van der Waals surface area contributed by atoms with E-state index in [4.69, 9.17) is 0 Å².